The van der Waals surface area contributed by atoms with E-state index in [2.05, 4.69) is 6.92 Å². The van der Waals surface area contributed by atoms with Crippen molar-refractivity contribution in [1.82, 2.24) is 0 Å². The number of allylic oxidation sites excluding steroid dienone is 1. The van der Waals surface area contributed by atoms with Gasteiger partial charge in [0.05, 0.1) is 12.5 Å². The maximum Gasteiger partial charge on any atom is 0.328 e. The number of hydrogen-bond donors (Lipinski definition) is 2. The zero-order valence-corrected chi connectivity index (χ0v) is 16.5. The lowest BCUT2D eigenvalue weighted by Gasteiger charge is -2.61. The van der Waals surface area contributed by atoms with Crippen molar-refractivity contribution in [2.75, 3.05) is 7.11 Å². The van der Waals surface area contributed by atoms with E-state index < -0.39 is 28.8 Å². The summed E-state index contributed by atoms with van der Waals surface area (Å²) >= 11 is 0. The summed E-state index contributed by atoms with van der Waals surface area (Å²) in [5.74, 6) is -2.64. The van der Waals surface area contributed by atoms with Crippen LogP contribution in [0, 0.1) is 34.5 Å². The second-order valence-electron chi connectivity index (χ2n) is 9.12. The molecule has 0 bridgehead atoms. The Bertz CT molecular complexity index is 697. The number of aliphatic hydroxyl groups is 1. The predicted molar refractivity (Wildman–Crippen MR) is 97.7 cm³/mol. The highest BCUT2D eigenvalue weighted by Crippen LogP contribution is 2.64. The van der Waals surface area contributed by atoms with Crippen LogP contribution in [-0.2, 0) is 19.1 Å². The Balaban J connectivity index is 2.06. The Morgan fingerprint density at radius 3 is 2.52 bits per heavy atom. The van der Waals surface area contributed by atoms with Crippen LogP contribution in [0.5, 0.6) is 0 Å². The number of ether oxygens (including phenoxy) is 1. The Kier molecular flexibility index (Phi) is 5.00. The van der Waals surface area contributed by atoms with Crippen LogP contribution in [0.3, 0.4) is 0 Å². The third-order valence-electron chi connectivity index (χ3n) is 7.83. The first-order valence-corrected chi connectivity index (χ1v) is 9.81. The van der Waals surface area contributed by atoms with Crippen molar-refractivity contribution in [1.29, 1.82) is 0 Å². The molecule has 0 aromatic rings. The van der Waals surface area contributed by atoms with Crippen LogP contribution in [-0.4, -0.2) is 41.1 Å². The van der Waals surface area contributed by atoms with Gasteiger partial charge in [0, 0.05) is 17.9 Å². The molecule has 0 amide bonds. The molecule has 0 saturated heterocycles. The van der Waals surface area contributed by atoms with Gasteiger partial charge in [-0.1, -0.05) is 25.8 Å². The number of carbonyl (C=O) groups excluding carboxylic acids is 2. The minimum absolute atomic E-state index is 0.0698. The first kappa shape index (κ1) is 20.1. The van der Waals surface area contributed by atoms with Gasteiger partial charge in [-0.2, -0.15) is 0 Å². The highest BCUT2D eigenvalue weighted by molar-refractivity contribution is 5.93. The molecular formula is C21H30O6. The second kappa shape index (κ2) is 6.73. The number of hydrogen-bond acceptors (Lipinski definition) is 5. The van der Waals surface area contributed by atoms with E-state index in [1.807, 2.05) is 6.92 Å². The predicted octanol–water partition coefficient (Wildman–Crippen LogP) is 2.59. The zero-order valence-electron chi connectivity index (χ0n) is 16.5. The van der Waals surface area contributed by atoms with Gasteiger partial charge >= 0.3 is 11.9 Å². The molecular weight excluding hydrogens is 348 g/mol. The molecule has 6 heteroatoms. The molecule has 7 atom stereocenters. The van der Waals surface area contributed by atoms with Gasteiger partial charge in [-0.05, 0) is 49.9 Å². The molecule has 3 rings (SSSR count). The van der Waals surface area contributed by atoms with E-state index in [-0.39, 0.29) is 29.5 Å². The molecule has 2 N–H and O–H groups in total. The fraction of sp³-hybridized carbons (Fsp3) is 0.762. The second-order valence-corrected chi connectivity index (χ2v) is 9.12. The number of fused-ring (bicyclic) bond motifs is 3. The Labute approximate surface area is 160 Å². The number of carboxylic acids is 1. The summed E-state index contributed by atoms with van der Waals surface area (Å²) in [5, 5.41) is 20.1. The molecule has 150 valence electrons. The number of esters is 1. The van der Waals surface area contributed by atoms with Gasteiger partial charge in [-0.25, -0.2) is 4.79 Å². The monoisotopic (exact) mass is 378 g/mol. The van der Waals surface area contributed by atoms with Crippen molar-refractivity contribution in [3.05, 3.63) is 11.6 Å². The van der Waals surface area contributed by atoms with Crippen molar-refractivity contribution >= 4 is 17.7 Å². The van der Waals surface area contributed by atoms with Gasteiger partial charge in [-0.15, -0.1) is 0 Å². The Morgan fingerprint density at radius 1 is 1.26 bits per heavy atom. The van der Waals surface area contributed by atoms with E-state index in [0.717, 1.165) is 24.8 Å². The van der Waals surface area contributed by atoms with Crippen LogP contribution >= 0.6 is 0 Å². The third-order valence-corrected chi connectivity index (χ3v) is 7.83. The molecule has 0 spiro atoms. The van der Waals surface area contributed by atoms with Gasteiger partial charge in [0.1, 0.15) is 6.10 Å². The van der Waals surface area contributed by atoms with Crippen LogP contribution < -0.4 is 0 Å². The summed E-state index contributed by atoms with van der Waals surface area (Å²) in [6.45, 7) is 5.79. The number of carbonyl (C=O) groups is 3. The van der Waals surface area contributed by atoms with Crippen LogP contribution in [0.25, 0.3) is 0 Å². The molecule has 0 unspecified atom stereocenters. The Hall–Kier alpha value is -1.69. The molecule has 0 aliphatic heterocycles. The fourth-order valence-corrected chi connectivity index (χ4v) is 6.67. The maximum atomic E-state index is 13.3. The number of ketones is 1. The maximum absolute atomic E-state index is 13.3. The molecule has 0 aromatic heterocycles. The zero-order chi connectivity index (χ0) is 20.1. The minimum atomic E-state index is -1.18. The van der Waals surface area contributed by atoms with Crippen molar-refractivity contribution < 1.29 is 29.3 Å². The summed E-state index contributed by atoms with van der Waals surface area (Å²) in [6.07, 6.45) is 3.66. The highest BCUT2D eigenvalue weighted by Gasteiger charge is 2.66. The number of Topliss-reactive ketones (excluding diaryl/α,β-unsaturated/α-hetero) is 1. The van der Waals surface area contributed by atoms with Crippen molar-refractivity contribution in [2.24, 2.45) is 34.5 Å². The average Bonchev–Trinajstić information content (AvgIpc) is 2.60. The van der Waals surface area contributed by atoms with Crippen molar-refractivity contribution in [3.63, 3.8) is 0 Å². The standard InChI is InChI=1S/C21H30O6/c1-11-12(10-14(22)23)6-7-13-15(11)16(24)17(25)18-20(13,2)8-5-9-21(18,3)19(26)27-4/h10-11,13,15-16,18,24H,5-9H2,1-4H3,(H,22,23)/b12-10-/t11-,13-,15-,16+,18+,20+,21-/m0/s1. The van der Waals surface area contributed by atoms with E-state index in [9.17, 15) is 19.5 Å². The minimum Gasteiger partial charge on any atom is -0.478 e. The van der Waals surface area contributed by atoms with Crippen LogP contribution in [0.15, 0.2) is 11.6 Å². The molecule has 0 aromatic carbocycles. The van der Waals surface area contributed by atoms with Crippen molar-refractivity contribution in [3.8, 4) is 0 Å². The topological polar surface area (TPSA) is 101 Å². The number of carboxylic acid groups (broad SMARTS) is 1. The van der Waals surface area contributed by atoms with Gasteiger partial charge < -0.3 is 14.9 Å². The first-order chi connectivity index (χ1) is 12.6. The fourth-order valence-electron chi connectivity index (χ4n) is 6.67. The largest absolute Gasteiger partial charge is 0.478 e. The summed E-state index contributed by atoms with van der Waals surface area (Å²) in [4.78, 5) is 37.1. The lowest BCUT2D eigenvalue weighted by Crippen LogP contribution is -2.65. The van der Waals surface area contributed by atoms with Gasteiger partial charge in [0.2, 0.25) is 0 Å². The number of aliphatic carboxylic acids is 1. The molecule has 3 fully saturated rings. The molecule has 0 radical (unpaired) electrons. The van der Waals surface area contributed by atoms with E-state index in [1.54, 1.807) is 6.92 Å². The number of aliphatic hydroxyl groups excluding tert-OH is 1. The highest BCUT2D eigenvalue weighted by atomic mass is 16.5. The summed E-state index contributed by atoms with van der Waals surface area (Å²) in [7, 11) is 1.34. The van der Waals surface area contributed by atoms with Crippen LogP contribution in [0.4, 0.5) is 0 Å². The summed E-state index contributed by atoms with van der Waals surface area (Å²) in [5.41, 5.74) is -0.541. The summed E-state index contributed by atoms with van der Waals surface area (Å²) < 4.78 is 5.04. The third kappa shape index (κ3) is 2.84. The van der Waals surface area contributed by atoms with Gasteiger partial charge in [-0.3, -0.25) is 9.59 Å². The number of rotatable bonds is 2. The lowest BCUT2D eigenvalue weighted by atomic mass is 9.42. The van der Waals surface area contributed by atoms with E-state index in [4.69, 9.17) is 9.84 Å². The molecule has 6 nitrogen and oxygen atoms in total. The van der Waals surface area contributed by atoms with Gasteiger partial charge in [0.25, 0.3) is 0 Å². The van der Waals surface area contributed by atoms with Gasteiger partial charge in [0.15, 0.2) is 5.78 Å². The Morgan fingerprint density at radius 2 is 1.93 bits per heavy atom. The lowest BCUT2D eigenvalue weighted by molar-refractivity contribution is -0.193. The van der Waals surface area contributed by atoms with E-state index in [1.165, 1.54) is 13.2 Å². The molecule has 27 heavy (non-hydrogen) atoms. The van der Waals surface area contributed by atoms with E-state index >= 15 is 0 Å². The normalized spacial score (nSPS) is 45.7. The molecule has 3 aliphatic rings. The number of methoxy groups -OCH3 is 1. The first-order valence-electron chi connectivity index (χ1n) is 9.81. The average molecular weight is 378 g/mol. The quantitative estimate of drug-likeness (QED) is 0.566. The van der Waals surface area contributed by atoms with E-state index in [0.29, 0.717) is 12.8 Å². The molecule has 3 saturated carbocycles. The SMILES string of the molecule is COC(=O)[C@@]1(C)CCC[C@@]2(C)[C@H]1C(=O)[C@H](O)[C@H]1[C@@H](C)/C(=C\C(=O)O)CC[C@@H]12. The summed E-state index contributed by atoms with van der Waals surface area (Å²) in [6, 6.07) is 0. The molecule has 0 heterocycles. The molecule has 3 aliphatic carbocycles. The van der Waals surface area contributed by atoms with Crippen LogP contribution in [0.2, 0.25) is 0 Å². The van der Waals surface area contributed by atoms with Crippen molar-refractivity contribution in [2.45, 2.75) is 59.0 Å². The van der Waals surface area contributed by atoms with Crippen LogP contribution in [0.1, 0.15) is 52.9 Å². The smallest absolute Gasteiger partial charge is 0.328 e.